The molecule has 2 aromatic rings. The molecule has 2 heterocycles. The molecule has 1 amide bonds. The lowest BCUT2D eigenvalue weighted by Gasteiger charge is -2.31. The van der Waals surface area contributed by atoms with Crippen molar-refractivity contribution in [1.82, 2.24) is 19.8 Å². The van der Waals surface area contributed by atoms with Crippen molar-refractivity contribution in [3.8, 4) is 0 Å². The first kappa shape index (κ1) is 25.3. The third kappa shape index (κ3) is 7.33. The van der Waals surface area contributed by atoms with Gasteiger partial charge in [-0.2, -0.15) is 0 Å². The Morgan fingerprint density at radius 2 is 1.85 bits per heavy atom. The molecule has 0 radical (unpaired) electrons. The van der Waals surface area contributed by atoms with Crippen LogP contribution in [0.1, 0.15) is 58.9 Å². The lowest BCUT2D eigenvalue weighted by atomic mass is 10.0. The summed E-state index contributed by atoms with van der Waals surface area (Å²) in [7, 11) is 0. The van der Waals surface area contributed by atoms with Gasteiger partial charge in [-0.25, -0.2) is 13.8 Å². The van der Waals surface area contributed by atoms with Crippen molar-refractivity contribution in [3.05, 3.63) is 47.9 Å². The minimum Gasteiger partial charge on any atom is -0.328 e. The van der Waals surface area contributed by atoms with Gasteiger partial charge in [0.05, 0.1) is 17.9 Å². The van der Waals surface area contributed by atoms with Crippen molar-refractivity contribution in [1.29, 1.82) is 0 Å². The average molecular weight is 462 g/mol. The Bertz CT molecular complexity index is 903. The summed E-state index contributed by atoms with van der Waals surface area (Å²) in [5.41, 5.74) is 0.429. The third-order valence-electron chi connectivity index (χ3n) is 6.19. The first-order valence-corrected chi connectivity index (χ1v) is 11.9. The van der Waals surface area contributed by atoms with Crippen molar-refractivity contribution >= 4 is 11.7 Å². The Morgan fingerprint density at radius 1 is 1.18 bits per heavy atom. The van der Waals surface area contributed by atoms with Crippen LogP contribution in [0.3, 0.4) is 0 Å². The molecule has 0 bridgehead atoms. The number of amides is 1. The van der Waals surface area contributed by atoms with Crippen LogP contribution in [0.5, 0.6) is 0 Å². The molecule has 1 aliphatic heterocycles. The highest BCUT2D eigenvalue weighted by Crippen LogP contribution is 2.21. The second-order valence-corrected chi connectivity index (χ2v) is 9.84. The Kier molecular flexibility index (Phi) is 8.59. The predicted octanol–water partition coefficient (Wildman–Crippen LogP) is 4.32. The first-order valence-electron chi connectivity index (χ1n) is 11.9. The highest BCUT2D eigenvalue weighted by molar-refractivity contribution is 5.94. The topological polar surface area (TPSA) is 62.2 Å². The SMILES string of the molecule is CCCC(NC(C)Cc1cc(F)cc(F)c1)C(=O)Nc1cn(C(C)(C)CN2CCCC2)cn1. The molecule has 182 valence electrons. The van der Waals surface area contributed by atoms with E-state index < -0.39 is 17.7 Å². The molecule has 1 saturated heterocycles. The van der Waals surface area contributed by atoms with Crippen LogP contribution in [0.15, 0.2) is 30.7 Å². The maximum absolute atomic E-state index is 13.5. The summed E-state index contributed by atoms with van der Waals surface area (Å²) in [6, 6.07) is 2.96. The van der Waals surface area contributed by atoms with E-state index in [1.807, 2.05) is 20.0 Å². The van der Waals surface area contributed by atoms with E-state index in [0.29, 0.717) is 24.2 Å². The Balaban J connectivity index is 1.59. The van der Waals surface area contributed by atoms with Crippen molar-refractivity contribution in [2.45, 2.75) is 77.4 Å². The van der Waals surface area contributed by atoms with Gasteiger partial charge in [-0.05, 0) is 77.2 Å². The number of aromatic nitrogens is 2. The molecule has 2 atom stereocenters. The van der Waals surface area contributed by atoms with Crippen LogP contribution >= 0.6 is 0 Å². The van der Waals surface area contributed by atoms with Gasteiger partial charge in [0, 0.05) is 24.8 Å². The molecule has 33 heavy (non-hydrogen) atoms. The average Bonchev–Trinajstić information content (AvgIpc) is 3.39. The number of benzene rings is 1. The highest BCUT2D eigenvalue weighted by Gasteiger charge is 2.26. The van der Waals surface area contributed by atoms with Gasteiger partial charge in [0.25, 0.3) is 0 Å². The number of imidazole rings is 1. The normalized spacial score (nSPS) is 16.7. The summed E-state index contributed by atoms with van der Waals surface area (Å²) in [5, 5.41) is 6.25. The molecule has 0 saturated carbocycles. The largest absolute Gasteiger partial charge is 0.328 e. The zero-order valence-electron chi connectivity index (χ0n) is 20.2. The van der Waals surface area contributed by atoms with E-state index in [2.05, 4.69) is 38.9 Å². The molecule has 0 spiro atoms. The molecule has 0 aliphatic carbocycles. The molecule has 1 fully saturated rings. The number of hydrogen-bond donors (Lipinski definition) is 2. The monoisotopic (exact) mass is 461 g/mol. The molecule has 6 nitrogen and oxygen atoms in total. The molecule has 8 heteroatoms. The summed E-state index contributed by atoms with van der Waals surface area (Å²) >= 11 is 0. The van der Waals surface area contributed by atoms with Crippen molar-refractivity contribution in [2.75, 3.05) is 25.0 Å². The number of carbonyl (C=O) groups excluding carboxylic acids is 1. The van der Waals surface area contributed by atoms with E-state index in [9.17, 15) is 13.6 Å². The summed E-state index contributed by atoms with van der Waals surface area (Å²) < 4.78 is 29.1. The maximum atomic E-state index is 13.5. The van der Waals surface area contributed by atoms with E-state index in [-0.39, 0.29) is 17.5 Å². The summed E-state index contributed by atoms with van der Waals surface area (Å²) in [6.45, 7) is 11.5. The molecule has 1 aliphatic rings. The molecule has 1 aromatic heterocycles. The fourth-order valence-electron chi connectivity index (χ4n) is 4.56. The minimum absolute atomic E-state index is 0.129. The maximum Gasteiger partial charge on any atom is 0.242 e. The number of rotatable bonds is 11. The Labute approximate surface area is 195 Å². The van der Waals surface area contributed by atoms with Gasteiger partial charge >= 0.3 is 0 Å². The van der Waals surface area contributed by atoms with Gasteiger partial charge in [-0.15, -0.1) is 0 Å². The number of nitrogens with one attached hydrogen (secondary N) is 2. The fourth-order valence-corrected chi connectivity index (χ4v) is 4.56. The van der Waals surface area contributed by atoms with E-state index in [1.54, 1.807) is 6.33 Å². The number of nitrogens with zero attached hydrogens (tertiary/aromatic N) is 3. The summed E-state index contributed by atoms with van der Waals surface area (Å²) in [4.78, 5) is 19.9. The smallest absolute Gasteiger partial charge is 0.242 e. The molecule has 3 rings (SSSR count). The van der Waals surface area contributed by atoms with E-state index in [4.69, 9.17) is 0 Å². The highest BCUT2D eigenvalue weighted by atomic mass is 19.1. The van der Waals surface area contributed by atoms with Crippen LogP contribution in [-0.4, -0.2) is 52.1 Å². The van der Waals surface area contributed by atoms with Crippen molar-refractivity contribution in [3.63, 3.8) is 0 Å². The van der Waals surface area contributed by atoms with Gasteiger partial charge in [0.15, 0.2) is 5.82 Å². The Morgan fingerprint density at radius 3 is 2.48 bits per heavy atom. The molecule has 2 N–H and O–H groups in total. The zero-order valence-corrected chi connectivity index (χ0v) is 20.2. The second-order valence-electron chi connectivity index (χ2n) is 9.84. The van der Waals surface area contributed by atoms with E-state index in [1.165, 1.54) is 25.0 Å². The van der Waals surface area contributed by atoms with Crippen LogP contribution in [0.25, 0.3) is 0 Å². The van der Waals surface area contributed by atoms with Crippen LogP contribution in [0.4, 0.5) is 14.6 Å². The van der Waals surface area contributed by atoms with Crippen LogP contribution in [0.2, 0.25) is 0 Å². The van der Waals surface area contributed by atoms with Crippen molar-refractivity contribution in [2.24, 2.45) is 0 Å². The number of likely N-dealkylation sites (tertiary alicyclic amines) is 1. The zero-order chi connectivity index (χ0) is 24.0. The number of halogens is 2. The van der Waals surface area contributed by atoms with E-state index in [0.717, 1.165) is 32.1 Å². The van der Waals surface area contributed by atoms with Gasteiger partial charge < -0.3 is 20.1 Å². The lowest BCUT2D eigenvalue weighted by Crippen LogP contribution is -2.45. The lowest BCUT2D eigenvalue weighted by molar-refractivity contribution is -0.118. The van der Waals surface area contributed by atoms with Crippen LogP contribution < -0.4 is 10.6 Å². The van der Waals surface area contributed by atoms with Gasteiger partial charge in [-0.3, -0.25) is 4.79 Å². The van der Waals surface area contributed by atoms with Crippen LogP contribution in [0, 0.1) is 11.6 Å². The second kappa shape index (κ2) is 11.2. The predicted molar refractivity (Wildman–Crippen MR) is 127 cm³/mol. The summed E-state index contributed by atoms with van der Waals surface area (Å²) in [5.74, 6) is -0.819. The quantitative estimate of drug-likeness (QED) is 0.523. The fraction of sp³-hybridized carbons (Fsp3) is 0.600. The molecular weight excluding hydrogens is 424 g/mol. The van der Waals surface area contributed by atoms with Crippen LogP contribution in [-0.2, 0) is 16.8 Å². The number of anilines is 1. The minimum atomic E-state index is -0.594. The standard InChI is InChI=1S/C25H37F2N5O/c1-5-8-22(29-18(2)11-19-12-20(26)14-21(27)13-19)24(33)30-23-15-32(17-28-23)25(3,4)16-31-9-6-7-10-31/h12-15,17-18,22,29H,5-11,16H2,1-4H3,(H,30,33). The molecule has 2 unspecified atom stereocenters. The number of hydrogen-bond acceptors (Lipinski definition) is 4. The first-order chi connectivity index (χ1) is 15.7. The molecule has 1 aromatic carbocycles. The summed E-state index contributed by atoms with van der Waals surface area (Å²) in [6.07, 6.45) is 8.05. The van der Waals surface area contributed by atoms with E-state index >= 15 is 0 Å². The van der Waals surface area contributed by atoms with Gasteiger partial charge in [0.2, 0.25) is 5.91 Å². The Hall–Kier alpha value is -2.32. The van der Waals surface area contributed by atoms with Gasteiger partial charge in [0.1, 0.15) is 11.6 Å². The molecular formula is C25H37F2N5O. The third-order valence-corrected chi connectivity index (χ3v) is 6.19. The van der Waals surface area contributed by atoms with Gasteiger partial charge in [-0.1, -0.05) is 13.3 Å². The van der Waals surface area contributed by atoms with Crippen molar-refractivity contribution < 1.29 is 13.6 Å². The number of carbonyl (C=O) groups is 1.